The van der Waals surface area contributed by atoms with Gasteiger partial charge in [0, 0.05) is 16.8 Å². The Kier molecular flexibility index (Phi) is 1.91. The lowest BCUT2D eigenvalue weighted by Crippen LogP contribution is -2.05. The first-order valence-corrected chi connectivity index (χ1v) is 5.24. The third-order valence-corrected chi connectivity index (χ3v) is 2.78. The minimum Gasteiger partial charge on any atom is -0.323 e. The zero-order valence-electron chi connectivity index (χ0n) is 8.94. The van der Waals surface area contributed by atoms with Gasteiger partial charge in [0.1, 0.15) is 5.52 Å². The Labute approximate surface area is 92.5 Å². The number of para-hydroxylation sites is 1. The van der Waals surface area contributed by atoms with Crippen LogP contribution in [0.25, 0.3) is 21.8 Å². The van der Waals surface area contributed by atoms with Gasteiger partial charge in [-0.05, 0) is 13.0 Å². The number of aromatic amines is 1. The quantitative estimate of drug-likeness (QED) is 0.649. The number of benzene rings is 1. The number of nitrogens with two attached hydrogens (primary N) is 1. The van der Waals surface area contributed by atoms with Gasteiger partial charge in [-0.25, -0.2) is 0 Å². The van der Waals surface area contributed by atoms with Crippen LogP contribution in [0.5, 0.6) is 0 Å². The van der Waals surface area contributed by atoms with Crippen LogP contribution >= 0.6 is 0 Å². The summed E-state index contributed by atoms with van der Waals surface area (Å²) >= 11 is 0. The van der Waals surface area contributed by atoms with Crippen molar-refractivity contribution in [2.45, 2.75) is 13.0 Å². The van der Waals surface area contributed by atoms with E-state index in [0.29, 0.717) is 0 Å². The van der Waals surface area contributed by atoms with Crippen LogP contribution in [0.2, 0.25) is 0 Å². The Morgan fingerprint density at radius 3 is 2.88 bits per heavy atom. The zero-order chi connectivity index (χ0) is 11.1. The molecule has 4 nitrogen and oxygen atoms in total. The predicted octanol–water partition coefficient (Wildman–Crippen LogP) is 2.13. The Balaban J connectivity index is 2.52. The van der Waals surface area contributed by atoms with E-state index in [9.17, 15) is 0 Å². The van der Waals surface area contributed by atoms with Gasteiger partial charge in [-0.2, -0.15) is 5.10 Å². The molecule has 4 heteroatoms. The van der Waals surface area contributed by atoms with Crippen molar-refractivity contribution < 1.29 is 0 Å². The number of nitrogens with one attached hydrogen (secondary N) is 1. The third-order valence-electron chi connectivity index (χ3n) is 2.78. The Morgan fingerprint density at radius 2 is 2.06 bits per heavy atom. The normalized spacial score (nSPS) is 13.4. The van der Waals surface area contributed by atoms with Gasteiger partial charge >= 0.3 is 0 Å². The maximum atomic E-state index is 5.92. The standard InChI is InChI=1S/C12H12N4/c1-7(13)12-11-8-4-2-3-5-9(8)14-6-10(11)15-16-12/h2-7H,13H2,1H3,(H,15,16). The average molecular weight is 212 g/mol. The summed E-state index contributed by atoms with van der Waals surface area (Å²) < 4.78 is 0. The molecule has 3 N–H and O–H groups in total. The van der Waals surface area contributed by atoms with E-state index in [2.05, 4.69) is 15.2 Å². The highest BCUT2D eigenvalue weighted by Crippen LogP contribution is 2.27. The summed E-state index contributed by atoms with van der Waals surface area (Å²) in [6, 6.07) is 7.96. The van der Waals surface area contributed by atoms with Crippen LogP contribution in [0, 0.1) is 0 Å². The molecule has 2 aromatic heterocycles. The van der Waals surface area contributed by atoms with Gasteiger partial charge in [-0.3, -0.25) is 10.1 Å². The van der Waals surface area contributed by atoms with E-state index in [4.69, 9.17) is 5.73 Å². The van der Waals surface area contributed by atoms with E-state index in [1.165, 1.54) is 0 Å². The molecule has 0 bridgehead atoms. The summed E-state index contributed by atoms with van der Waals surface area (Å²) in [5, 5.41) is 9.39. The van der Waals surface area contributed by atoms with Crippen LogP contribution in [-0.2, 0) is 0 Å². The average Bonchev–Trinajstić information content (AvgIpc) is 2.73. The van der Waals surface area contributed by atoms with Crippen molar-refractivity contribution in [3.8, 4) is 0 Å². The summed E-state index contributed by atoms with van der Waals surface area (Å²) in [6.45, 7) is 1.95. The number of rotatable bonds is 1. The van der Waals surface area contributed by atoms with Crippen molar-refractivity contribution in [1.29, 1.82) is 0 Å². The highest BCUT2D eigenvalue weighted by Gasteiger charge is 2.12. The zero-order valence-corrected chi connectivity index (χ0v) is 8.94. The first-order valence-electron chi connectivity index (χ1n) is 5.24. The third kappa shape index (κ3) is 1.20. The monoisotopic (exact) mass is 212 g/mol. The molecular formula is C12H12N4. The molecule has 2 heterocycles. The molecular weight excluding hydrogens is 200 g/mol. The number of H-pyrrole nitrogens is 1. The summed E-state index contributed by atoms with van der Waals surface area (Å²) in [4.78, 5) is 4.36. The second-order valence-electron chi connectivity index (χ2n) is 3.96. The molecule has 0 amide bonds. The number of hydrogen-bond donors (Lipinski definition) is 2. The van der Waals surface area contributed by atoms with Crippen molar-refractivity contribution in [1.82, 2.24) is 15.2 Å². The van der Waals surface area contributed by atoms with Gasteiger partial charge in [0.05, 0.1) is 17.4 Å². The second-order valence-corrected chi connectivity index (χ2v) is 3.96. The fourth-order valence-electron chi connectivity index (χ4n) is 2.00. The number of nitrogens with zero attached hydrogens (tertiary/aromatic N) is 2. The molecule has 0 saturated heterocycles. The summed E-state index contributed by atoms with van der Waals surface area (Å²) in [7, 11) is 0. The maximum Gasteiger partial charge on any atom is 0.111 e. The van der Waals surface area contributed by atoms with Crippen LogP contribution in [0.4, 0.5) is 0 Å². The number of hydrogen-bond acceptors (Lipinski definition) is 3. The van der Waals surface area contributed by atoms with E-state index in [1.54, 1.807) is 6.20 Å². The number of pyridine rings is 1. The van der Waals surface area contributed by atoms with Crippen molar-refractivity contribution >= 4 is 21.8 Å². The number of fused-ring (bicyclic) bond motifs is 3. The first-order chi connectivity index (χ1) is 7.77. The molecule has 1 unspecified atom stereocenters. The lowest BCUT2D eigenvalue weighted by Gasteiger charge is -2.04. The van der Waals surface area contributed by atoms with Crippen molar-refractivity contribution in [2.75, 3.05) is 0 Å². The van der Waals surface area contributed by atoms with Gasteiger partial charge in [-0.1, -0.05) is 18.2 Å². The smallest absolute Gasteiger partial charge is 0.111 e. The molecule has 1 aromatic carbocycles. The second kappa shape index (κ2) is 3.28. The van der Waals surface area contributed by atoms with Crippen molar-refractivity contribution in [2.24, 2.45) is 5.73 Å². The van der Waals surface area contributed by atoms with Gasteiger partial charge in [0.2, 0.25) is 0 Å². The number of aromatic nitrogens is 3. The van der Waals surface area contributed by atoms with Gasteiger partial charge < -0.3 is 5.73 Å². The lowest BCUT2D eigenvalue weighted by molar-refractivity contribution is 0.779. The molecule has 0 radical (unpaired) electrons. The van der Waals surface area contributed by atoms with Gasteiger partial charge in [-0.15, -0.1) is 0 Å². The van der Waals surface area contributed by atoms with Crippen LogP contribution < -0.4 is 5.73 Å². The van der Waals surface area contributed by atoms with Crippen LogP contribution in [0.15, 0.2) is 30.5 Å². The van der Waals surface area contributed by atoms with E-state index in [-0.39, 0.29) is 6.04 Å². The largest absolute Gasteiger partial charge is 0.323 e. The van der Waals surface area contributed by atoms with Gasteiger partial charge in [0.25, 0.3) is 0 Å². The van der Waals surface area contributed by atoms with Crippen LogP contribution in [0.3, 0.4) is 0 Å². The van der Waals surface area contributed by atoms with E-state index >= 15 is 0 Å². The molecule has 16 heavy (non-hydrogen) atoms. The minimum absolute atomic E-state index is 0.0594. The SMILES string of the molecule is CC(N)c1[nH]nc2cnc3ccccc3c12. The van der Waals surface area contributed by atoms with Gasteiger partial charge in [0.15, 0.2) is 0 Å². The van der Waals surface area contributed by atoms with Crippen LogP contribution in [0.1, 0.15) is 18.7 Å². The molecule has 0 aliphatic heterocycles. The lowest BCUT2D eigenvalue weighted by atomic mass is 10.1. The molecule has 0 aliphatic carbocycles. The highest BCUT2D eigenvalue weighted by molar-refractivity contribution is 6.05. The predicted molar refractivity (Wildman–Crippen MR) is 64.0 cm³/mol. The Bertz CT molecular complexity index is 654. The van der Waals surface area contributed by atoms with Crippen molar-refractivity contribution in [3.63, 3.8) is 0 Å². The first kappa shape index (κ1) is 9.30. The highest BCUT2D eigenvalue weighted by atomic mass is 15.1. The molecule has 3 aromatic rings. The summed E-state index contributed by atoms with van der Waals surface area (Å²) in [5.41, 5.74) is 8.73. The minimum atomic E-state index is -0.0594. The Hall–Kier alpha value is -1.94. The molecule has 0 spiro atoms. The molecule has 0 saturated carbocycles. The molecule has 0 aliphatic rings. The molecule has 3 rings (SSSR count). The maximum absolute atomic E-state index is 5.92. The topological polar surface area (TPSA) is 67.6 Å². The van der Waals surface area contributed by atoms with Crippen LogP contribution in [-0.4, -0.2) is 15.2 Å². The molecule has 0 fully saturated rings. The van der Waals surface area contributed by atoms with E-state index < -0.39 is 0 Å². The summed E-state index contributed by atoms with van der Waals surface area (Å²) in [6.07, 6.45) is 1.78. The summed E-state index contributed by atoms with van der Waals surface area (Å²) in [5.74, 6) is 0. The molecule has 1 atom stereocenters. The molecule has 80 valence electrons. The van der Waals surface area contributed by atoms with E-state index in [0.717, 1.165) is 27.5 Å². The Morgan fingerprint density at radius 1 is 1.25 bits per heavy atom. The van der Waals surface area contributed by atoms with Crippen molar-refractivity contribution in [3.05, 3.63) is 36.2 Å². The van der Waals surface area contributed by atoms with E-state index in [1.807, 2.05) is 31.2 Å². The fourth-order valence-corrected chi connectivity index (χ4v) is 2.00. The fraction of sp³-hybridized carbons (Fsp3) is 0.167.